The van der Waals surface area contributed by atoms with E-state index in [9.17, 15) is 0 Å². The Balaban J connectivity index is 2.59. The van der Waals surface area contributed by atoms with Crippen LogP contribution in [0.5, 0.6) is 0 Å². The molecule has 1 unspecified atom stereocenters. The average Bonchev–Trinajstić information content (AvgIpc) is 1.57. The van der Waals surface area contributed by atoms with Crippen LogP contribution in [0.4, 0.5) is 0 Å². The molecule has 0 spiro atoms. The van der Waals surface area contributed by atoms with Crippen LogP contribution in [0.3, 0.4) is 0 Å². The molecule has 1 aliphatic heterocycles. The van der Waals surface area contributed by atoms with E-state index in [1.54, 1.807) is 0 Å². The lowest BCUT2D eigenvalue weighted by Gasteiger charge is -2.45. The van der Waals surface area contributed by atoms with Gasteiger partial charge in [0.05, 0.1) is 0 Å². The molecule has 0 aromatic heterocycles. The molecule has 54 valence electrons. The quantitative estimate of drug-likeness (QED) is 0.465. The molecule has 2 nitrogen and oxygen atoms in total. The molecule has 0 aromatic carbocycles. The molecule has 1 rings (SSSR count). The van der Waals surface area contributed by atoms with Crippen LogP contribution in [0.15, 0.2) is 0 Å². The molecule has 2 heteroatoms. The standard InChI is InChI=1S/C7H14O2/c1-6(2,3)7(4)5-8-9-7/h5H2,1-4H3. The molecule has 0 bridgehead atoms. The van der Waals surface area contributed by atoms with Crippen LogP contribution in [0.1, 0.15) is 27.7 Å². The molecule has 1 aliphatic rings. The van der Waals surface area contributed by atoms with Crippen molar-refractivity contribution in [1.82, 2.24) is 0 Å². The highest BCUT2D eigenvalue weighted by Gasteiger charge is 2.46. The Bertz CT molecular complexity index is 109. The van der Waals surface area contributed by atoms with Crippen molar-refractivity contribution in [2.75, 3.05) is 6.61 Å². The summed E-state index contributed by atoms with van der Waals surface area (Å²) in [5, 5.41) is 0. The normalized spacial score (nSPS) is 36.0. The molecule has 0 aromatic rings. The summed E-state index contributed by atoms with van der Waals surface area (Å²) < 4.78 is 0. The first-order valence-corrected chi connectivity index (χ1v) is 3.26. The Labute approximate surface area is 56.1 Å². The summed E-state index contributed by atoms with van der Waals surface area (Å²) in [6, 6.07) is 0. The van der Waals surface area contributed by atoms with Crippen LogP contribution >= 0.6 is 0 Å². The molecule has 0 aliphatic carbocycles. The van der Waals surface area contributed by atoms with Crippen LogP contribution in [0.2, 0.25) is 0 Å². The van der Waals surface area contributed by atoms with Gasteiger partial charge in [0.25, 0.3) is 0 Å². The number of hydrogen-bond acceptors (Lipinski definition) is 2. The average molecular weight is 130 g/mol. The van der Waals surface area contributed by atoms with Gasteiger partial charge in [-0.1, -0.05) is 20.8 Å². The maximum Gasteiger partial charge on any atom is 0.132 e. The first-order chi connectivity index (χ1) is 3.96. The Morgan fingerprint density at radius 3 is 1.78 bits per heavy atom. The summed E-state index contributed by atoms with van der Waals surface area (Å²) >= 11 is 0. The summed E-state index contributed by atoms with van der Waals surface area (Å²) in [4.78, 5) is 9.65. The lowest BCUT2D eigenvalue weighted by molar-refractivity contribution is -0.487. The molecule has 0 N–H and O–H groups in total. The van der Waals surface area contributed by atoms with E-state index in [-0.39, 0.29) is 11.0 Å². The van der Waals surface area contributed by atoms with Crippen molar-refractivity contribution in [2.24, 2.45) is 5.41 Å². The van der Waals surface area contributed by atoms with E-state index in [1.807, 2.05) is 0 Å². The molecule has 1 fully saturated rings. The first kappa shape index (κ1) is 7.03. The zero-order chi connectivity index (χ0) is 7.12. The summed E-state index contributed by atoms with van der Waals surface area (Å²) in [5.74, 6) is 0. The van der Waals surface area contributed by atoms with Gasteiger partial charge in [0, 0.05) is 0 Å². The highest BCUT2D eigenvalue weighted by Crippen LogP contribution is 2.39. The summed E-state index contributed by atoms with van der Waals surface area (Å²) in [7, 11) is 0. The van der Waals surface area contributed by atoms with E-state index in [4.69, 9.17) is 4.89 Å². The maximum atomic E-state index is 4.98. The van der Waals surface area contributed by atoms with Gasteiger partial charge in [0.1, 0.15) is 12.2 Å². The van der Waals surface area contributed by atoms with Crippen molar-refractivity contribution < 1.29 is 9.78 Å². The Hall–Kier alpha value is -0.0800. The summed E-state index contributed by atoms with van der Waals surface area (Å²) in [6.45, 7) is 9.23. The van der Waals surface area contributed by atoms with Crippen LogP contribution in [-0.2, 0) is 9.78 Å². The second-order valence-electron chi connectivity index (χ2n) is 3.83. The van der Waals surface area contributed by atoms with Gasteiger partial charge in [0.15, 0.2) is 0 Å². The smallest absolute Gasteiger partial charge is 0.132 e. The summed E-state index contributed by atoms with van der Waals surface area (Å²) in [5.41, 5.74) is 0.123. The molecule has 0 radical (unpaired) electrons. The van der Waals surface area contributed by atoms with E-state index < -0.39 is 0 Å². The van der Waals surface area contributed by atoms with Gasteiger partial charge in [-0.15, -0.1) is 0 Å². The third-order valence-corrected chi connectivity index (χ3v) is 2.16. The van der Waals surface area contributed by atoms with Gasteiger partial charge in [0.2, 0.25) is 0 Å². The SMILES string of the molecule is CC(C)(C)C1(C)COO1. The molecule has 0 saturated carbocycles. The molecule has 9 heavy (non-hydrogen) atoms. The highest BCUT2D eigenvalue weighted by molar-refractivity contribution is 4.89. The molecule has 1 atom stereocenters. The van der Waals surface area contributed by atoms with Crippen molar-refractivity contribution in [3.63, 3.8) is 0 Å². The van der Waals surface area contributed by atoms with Crippen LogP contribution in [-0.4, -0.2) is 12.2 Å². The van der Waals surface area contributed by atoms with Crippen LogP contribution in [0, 0.1) is 5.41 Å². The fraction of sp³-hybridized carbons (Fsp3) is 1.00. The third kappa shape index (κ3) is 0.970. The van der Waals surface area contributed by atoms with Crippen LogP contribution in [0.25, 0.3) is 0 Å². The minimum Gasteiger partial charge on any atom is -0.233 e. The fourth-order valence-electron chi connectivity index (χ4n) is 0.577. The molecule has 0 amide bonds. The third-order valence-electron chi connectivity index (χ3n) is 2.16. The lowest BCUT2D eigenvalue weighted by atomic mass is 9.78. The topological polar surface area (TPSA) is 18.5 Å². The van der Waals surface area contributed by atoms with Gasteiger partial charge in [-0.2, -0.15) is 0 Å². The lowest BCUT2D eigenvalue weighted by Crippen LogP contribution is -2.54. The molecule has 1 saturated heterocycles. The second-order valence-corrected chi connectivity index (χ2v) is 3.83. The predicted molar refractivity (Wildman–Crippen MR) is 34.9 cm³/mol. The highest BCUT2D eigenvalue weighted by atomic mass is 17.2. The van der Waals surface area contributed by atoms with Crippen molar-refractivity contribution in [3.8, 4) is 0 Å². The van der Waals surface area contributed by atoms with E-state index in [0.717, 1.165) is 6.61 Å². The van der Waals surface area contributed by atoms with Gasteiger partial charge in [-0.05, 0) is 12.3 Å². The van der Waals surface area contributed by atoms with Gasteiger partial charge < -0.3 is 0 Å². The molecule has 1 heterocycles. The van der Waals surface area contributed by atoms with Gasteiger partial charge in [-0.25, -0.2) is 9.78 Å². The first-order valence-electron chi connectivity index (χ1n) is 3.26. The maximum absolute atomic E-state index is 4.98. The molecular weight excluding hydrogens is 116 g/mol. The van der Waals surface area contributed by atoms with Crippen LogP contribution < -0.4 is 0 Å². The monoisotopic (exact) mass is 130 g/mol. The van der Waals surface area contributed by atoms with Crippen molar-refractivity contribution in [1.29, 1.82) is 0 Å². The zero-order valence-corrected chi connectivity index (χ0v) is 6.52. The number of hydrogen-bond donors (Lipinski definition) is 0. The fourth-order valence-corrected chi connectivity index (χ4v) is 0.577. The Morgan fingerprint density at radius 1 is 1.33 bits per heavy atom. The van der Waals surface area contributed by atoms with E-state index in [2.05, 4.69) is 32.6 Å². The van der Waals surface area contributed by atoms with E-state index in [1.165, 1.54) is 0 Å². The van der Waals surface area contributed by atoms with Crippen molar-refractivity contribution >= 4 is 0 Å². The number of rotatable bonds is 0. The zero-order valence-electron chi connectivity index (χ0n) is 6.52. The second kappa shape index (κ2) is 1.70. The van der Waals surface area contributed by atoms with Gasteiger partial charge >= 0.3 is 0 Å². The minimum atomic E-state index is -0.0625. The van der Waals surface area contributed by atoms with Crippen molar-refractivity contribution in [3.05, 3.63) is 0 Å². The minimum absolute atomic E-state index is 0.0625. The van der Waals surface area contributed by atoms with Gasteiger partial charge in [-0.3, -0.25) is 0 Å². The summed E-state index contributed by atoms with van der Waals surface area (Å²) in [6.07, 6.45) is 0. The molecular formula is C7H14O2. The van der Waals surface area contributed by atoms with Crippen molar-refractivity contribution in [2.45, 2.75) is 33.3 Å². The Kier molecular flexibility index (Phi) is 1.33. The Morgan fingerprint density at radius 2 is 1.78 bits per heavy atom. The largest absolute Gasteiger partial charge is 0.233 e. The van der Waals surface area contributed by atoms with E-state index >= 15 is 0 Å². The van der Waals surface area contributed by atoms with E-state index in [0.29, 0.717) is 0 Å². The predicted octanol–water partition coefficient (Wildman–Crippen LogP) is 1.75.